The van der Waals surface area contributed by atoms with E-state index in [1.807, 2.05) is 32.9 Å². The summed E-state index contributed by atoms with van der Waals surface area (Å²) >= 11 is 0. The van der Waals surface area contributed by atoms with Crippen LogP contribution < -0.4 is 10.6 Å². The van der Waals surface area contributed by atoms with Crippen molar-refractivity contribution in [1.82, 2.24) is 20.3 Å². The Morgan fingerprint density at radius 3 is 2.92 bits per heavy atom. The van der Waals surface area contributed by atoms with Crippen LogP contribution in [0.1, 0.15) is 50.2 Å². The topological polar surface area (TPSA) is 79.8 Å². The van der Waals surface area contributed by atoms with Gasteiger partial charge in [-0.2, -0.15) is 0 Å². The van der Waals surface area contributed by atoms with Crippen molar-refractivity contribution in [1.29, 1.82) is 0 Å². The second-order valence-corrected chi connectivity index (χ2v) is 6.73. The average Bonchev–Trinajstić information content (AvgIpc) is 3.06. The first kappa shape index (κ1) is 17.3. The number of anilines is 1. The van der Waals surface area contributed by atoms with Crippen LogP contribution in [0.15, 0.2) is 30.6 Å². The minimum atomic E-state index is -0.463. The maximum Gasteiger partial charge on any atom is 0.226 e. The van der Waals surface area contributed by atoms with E-state index in [2.05, 4.69) is 26.7 Å². The molecule has 6 heteroatoms. The number of aromatic nitrogens is 3. The van der Waals surface area contributed by atoms with Crippen LogP contribution in [-0.4, -0.2) is 33.9 Å². The molecule has 0 saturated carbocycles. The van der Waals surface area contributed by atoms with Crippen LogP contribution >= 0.6 is 0 Å². The zero-order valence-corrected chi connectivity index (χ0v) is 15.0. The zero-order chi connectivity index (χ0) is 17.9. The van der Waals surface area contributed by atoms with Gasteiger partial charge >= 0.3 is 0 Å². The lowest BCUT2D eigenvalue weighted by molar-refractivity contribution is -0.130. The summed E-state index contributed by atoms with van der Waals surface area (Å²) in [5.74, 6) is 1.86. The van der Waals surface area contributed by atoms with E-state index >= 15 is 0 Å². The first-order valence-corrected chi connectivity index (χ1v) is 8.86. The second kappa shape index (κ2) is 7.17. The maximum atomic E-state index is 12.4. The van der Waals surface area contributed by atoms with Gasteiger partial charge in [0, 0.05) is 43.2 Å². The first-order valence-electron chi connectivity index (χ1n) is 8.86. The van der Waals surface area contributed by atoms with Crippen LogP contribution in [0.25, 0.3) is 0 Å². The van der Waals surface area contributed by atoms with Crippen molar-refractivity contribution < 1.29 is 4.79 Å². The molecule has 0 saturated heterocycles. The molecular weight excluding hydrogens is 314 g/mol. The van der Waals surface area contributed by atoms with Gasteiger partial charge in [0.25, 0.3) is 0 Å². The Bertz CT molecular complexity index is 763. The number of hydrogen-bond donors (Lipinski definition) is 2. The number of carbonyl (C=O) groups is 1. The molecule has 0 aromatic carbocycles. The fourth-order valence-corrected chi connectivity index (χ4v) is 3.20. The van der Waals surface area contributed by atoms with Crippen molar-refractivity contribution in [2.24, 2.45) is 5.41 Å². The highest BCUT2D eigenvalue weighted by atomic mass is 16.2. The molecule has 2 aromatic heterocycles. The van der Waals surface area contributed by atoms with E-state index in [9.17, 15) is 4.79 Å². The Balaban J connectivity index is 1.84. The second-order valence-electron chi connectivity index (χ2n) is 6.73. The number of amides is 1. The quantitative estimate of drug-likeness (QED) is 0.845. The lowest BCUT2D eigenvalue weighted by Crippen LogP contribution is -2.40. The van der Waals surface area contributed by atoms with Gasteiger partial charge in [0.05, 0.1) is 11.3 Å². The van der Waals surface area contributed by atoms with E-state index in [1.165, 1.54) is 0 Å². The smallest absolute Gasteiger partial charge is 0.226 e. The summed E-state index contributed by atoms with van der Waals surface area (Å²) in [7, 11) is 0. The third-order valence-electron chi connectivity index (χ3n) is 4.97. The predicted octanol–water partition coefficient (Wildman–Crippen LogP) is 2.52. The van der Waals surface area contributed by atoms with E-state index in [0.29, 0.717) is 13.0 Å². The summed E-state index contributed by atoms with van der Waals surface area (Å²) in [5.41, 5.74) is 1.56. The fourth-order valence-electron chi connectivity index (χ4n) is 3.20. The van der Waals surface area contributed by atoms with Crippen LogP contribution in [0.5, 0.6) is 0 Å². The molecule has 0 radical (unpaired) electrons. The minimum absolute atomic E-state index is 0.0785. The largest absolute Gasteiger partial charge is 0.369 e. The van der Waals surface area contributed by atoms with Crippen molar-refractivity contribution >= 4 is 11.7 Å². The number of carbonyl (C=O) groups excluding carboxylic acids is 1. The number of hydrogen-bond acceptors (Lipinski definition) is 5. The van der Waals surface area contributed by atoms with Crippen molar-refractivity contribution in [3.05, 3.63) is 47.7 Å². The van der Waals surface area contributed by atoms with E-state index in [-0.39, 0.29) is 11.8 Å². The van der Waals surface area contributed by atoms with E-state index < -0.39 is 5.41 Å². The van der Waals surface area contributed by atoms with Gasteiger partial charge in [-0.25, -0.2) is 15.0 Å². The molecule has 3 heterocycles. The van der Waals surface area contributed by atoms with Crippen molar-refractivity contribution in [3.8, 4) is 0 Å². The van der Waals surface area contributed by atoms with Gasteiger partial charge < -0.3 is 10.6 Å². The molecule has 6 nitrogen and oxygen atoms in total. The number of fused-ring (bicyclic) bond motifs is 1. The maximum absolute atomic E-state index is 12.4. The van der Waals surface area contributed by atoms with E-state index in [0.717, 1.165) is 35.9 Å². The molecule has 0 bridgehead atoms. The highest BCUT2D eigenvalue weighted by Gasteiger charge is 2.32. The summed E-state index contributed by atoms with van der Waals surface area (Å²) in [4.78, 5) is 26.0. The predicted molar refractivity (Wildman–Crippen MR) is 97.4 cm³/mol. The minimum Gasteiger partial charge on any atom is -0.369 e. The molecule has 132 valence electrons. The Morgan fingerprint density at radius 1 is 1.32 bits per heavy atom. The van der Waals surface area contributed by atoms with Crippen LogP contribution in [0.3, 0.4) is 0 Å². The fraction of sp³-hybridized carbons (Fsp3) is 0.474. The number of nitrogens with one attached hydrogen (secondary N) is 2. The van der Waals surface area contributed by atoms with E-state index in [1.54, 1.807) is 12.4 Å². The summed E-state index contributed by atoms with van der Waals surface area (Å²) < 4.78 is 0. The SMILES string of the molecule is CCNC(=O)[C@@](C)(CC)Cc1ccnc(C2CNc3ncccc32)n1. The van der Waals surface area contributed by atoms with Gasteiger partial charge in [0.1, 0.15) is 11.6 Å². The molecule has 2 atom stereocenters. The number of nitrogens with zero attached hydrogens (tertiary/aromatic N) is 3. The van der Waals surface area contributed by atoms with Crippen molar-refractivity contribution in [2.75, 3.05) is 18.4 Å². The molecule has 1 amide bonds. The molecule has 1 unspecified atom stereocenters. The van der Waals surface area contributed by atoms with Crippen LogP contribution in [0, 0.1) is 5.41 Å². The average molecular weight is 339 g/mol. The first-order chi connectivity index (χ1) is 12.1. The molecule has 1 aliphatic rings. The molecule has 25 heavy (non-hydrogen) atoms. The standard InChI is InChI=1S/C19H25N5O/c1-4-19(3,18(25)20-5-2)11-13-8-10-22-17(24-13)15-12-23-16-14(15)7-6-9-21-16/h6-10,15H,4-5,11-12H2,1-3H3,(H,20,25)(H,21,23)/t15?,19-/m0/s1. The van der Waals surface area contributed by atoms with Gasteiger partial charge in [0.2, 0.25) is 5.91 Å². The third-order valence-corrected chi connectivity index (χ3v) is 4.97. The summed E-state index contributed by atoms with van der Waals surface area (Å²) in [5, 5.41) is 6.25. The van der Waals surface area contributed by atoms with Gasteiger partial charge in [-0.15, -0.1) is 0 Å². The number of rotatable bonds is 6. The molecule has 2 aromatic rings. The molecule has 1 aliphatic heterocycles. The molecule has 3 rings (SSSR count). The molecule has 2 N–H and O–H groups in total. The normalized spacial score (nSPS) is 18.1. The highest BCUT2D eigenvalue weighted by molar-refractivity contribution is 5.82. The Labute approximate surface area is 148 Å². The zero-order valence-electron chi connectivity index (χ0n) is 15.0. The van der Waals surface area contributed by atoms with Gasteiger partial charge in [-0.3, -0.25) is 4.79 Å². The van der Waals surface area contributed by atoms with Gasteiger partial charge in [-0.05, 0) is 25.5 Å². The molecule has 0 spiro atoms. The molecular formula is C19H25N5O. The Morgan fingerprint density at radius 2 is 2.16 bits per heavy atom. The van der Waals surface area contributed by atoms with Gasteiger partial charge in [-0.1, -0.05) is 19.9 Å². The van der Waals surface area contributed by atoms with Crippen LogP contribution in [0.2, 0.25) is 0 Å². The Hall–Kier alpha value is -2.50. The van der Waals surface area contributed by atoms with Crippen molar-refractivity contribution in [2.45, 2.75) is 39.5 Å². The lowest BCUT2D eigenvalue weighted by Gasteiger charge is -2.26. The molecule has 0 aliphatic carbocycles. The monoisotopic (exact) mass is 339 g/mol. The van der Waals surface area contributed by atoms with Gasteiger partial charge in [0.15, 0.2) is 0 Å². The molecule has 0 fully saturated rings. The summed E-state index contributed by atoms with van der Waals surface area (Å²) in [6.07, 6.45) is 4.94. The third kappa shape index (κ3) is 3.48. The highest BCUT2D eigenvalue weighted by Crippen LogP contribution is 2.33. The van der Waals surface area contributed by atoms with E-state index in [4.69, 9.17) is 4.98 Å². The summed E-state index contributed by atoms with van der Waals surface area (Å²) in [6, 6.07) is 5.91. The number of pyridine rings is 1. The van der Waals surface area contributed by atoms with Crippen LogP contribution in [0.4, 0.5) is 5.82 Å². The van der Waals surface area contributed by atoms with Crippen LogP contribution in [-0.2, 0) is 11.2 Å². The summed E-state index contributed by atoms with van der Waals surface area (Å²) in [6.45, 7) is 7.36. The van der Waals surface area contributed by atoms with Crippen molar-refractivity contribution in [3.63, 3.8) is 0 Å². The Kier molecular flexibility index (Phi) is 4.97. The lowest BCUT2D eigenvalue weighted by atomic mass is 9.81.